The molecule has 2 aromatic carbocycles. The van der Waals surface area contributed by atoms with Gasteiger partial charge in [0.2, 0.25) is 5.91 Å². The summed E-state index contributed by atoms with van der Waals surface area (Å²) in [5.41, 5.74) is 1.25. The molecule has 0 saturated carbocycles. The van der Waals surface area contributed by atoms with Gasteiger partial charge < -0.3 is 14.5 Å². The molecule has 0 spiro atoms. The Balaban J connectivity index is 0.00000253. The van der Waals surface area contributed by atoms with E-state index < -0.39 is 0 Å². The van der Waals surface area contributed by atoms with Crippen LogP contribution in [-0.2, 0) is 4.79 Å². The second-order valence-corrected chi connectivity index (χ2v) is 10.2. The Labute approximate surface area is 252 Å². The topological polar surface area (TPSA) is 56.3 Å². The first-order valence-corrected chi connectivity index (χ1v) is 13.2. The molecule has 2 amide bonds. The van der Waals surface area contributed by atoms with Gasteiger partial charge >= 0.3 is 0 Å². The molecule has 39 heavy (non-hydrogen) atoms. The number of hydrogen-bond acceptors (Lipinski definition) is 5. The first kappa shape index (κ1) is 35.0. The summed E-state index contributed by atoms with van der Waals surface area (Å²) in [4.78, 5) is 35.3. The lowest BCUT2D eigenvalue weighted by Gasteiger charge is -2.40. The maximum atomic E-state index is 13.4. The number of hydrogen-bond donors (Lipinski definition) is 0. The Hall–Kier alpha value is -2.03. The molecule has 0 bridgehead atoms. The van der Waals surface area contributed by atoms with E-state index in [4.69, 9.17) is 4.74 Å². The van der Waals surface area contributed by atoms with Crippen molar-refractivity contribution in [2.45, 2.75) is 32.7 Å². The van der Waals surface area contributed by atoms with Gasteiger partial charge in [-0.3, -0.25) is 19.4 Å². The smallest absolute Gasteiger partial charge is 0.258 e. The van der Waals surface area contributed by atoms with Crippen molar-refractivity contribution in [3.63, 3.8) is 0 Å². The maximum Gasteiger partial charge on any atom is 0.258 e. The van der Waals surface area contributed by atoms with Crippen LogP contribution in [0.2, 0.25) is 0 Å². The number of amides is 2. The fourth-order valence-corrected chi connectivity index (χ4v) is 5.21. The molecule has 218 valence electrons. The Bertz CT molecular complexity index is 995. The molecular weight excluding hydrogens is 559 g/mol. The summed E-state index contributed by atoms with van der Waals surface area (Å²) in [6, 6.07) is 17.1. The van der Waals surface area contributed by atoms with E-state index in [9.17, 15) is 9.59 Å². The lowest BCUT2D eigenvalue weighted by Crippen LogP contribution is -2.53. The van der Waals surface area contributed by atoms with Crippen LogP contribution in [0.3, 0.4) is 0 Å². The zero-order valence-corrected chi connectivity index (χ0v) is 25.6. The number of piperazine rings is 1. The highest BCUT2D eigenvalue weighted by Gasteiger charge is 2.28. The van der Waals surface area contributed by atoms with Crippen LogP contribution in [0, 0.1) is 5.92 Å². The third-order valence-corrected chi connectivity index (χ3v) is 7.56. The number of para-hydroxylation sites is 1. The fraction of sp³-hybridized carbons (Fsp3) is 0.517. The van der Waals surface area contributed by atoms with Crippen LogP contribution in [-0.4, -0.2) is 92.0 Å². The van der Waals surface area contributed by atoms with Gasteiger partial charge in [0.15, 0.2) is 0 Å². The summed E-state index contributed by atoms with van der Waals surface area (Å²) in [7, 11) is 1.60. The van der Waals surface area contributed by atoms with Crippen LogP contribution < -0.4 is 9.64 Å². The van der Waals surface area contributed by atoms with Crippen molar-refractivity contribution < 1.29 is 14.3 Å². The van der Waals surface area contributed by atoms with Crippen molar-refractivity contribution in [3.8, 4) is 5.75 Å². The number of likely N-dealkylation sites (tertiary alicyclic amines) is 1. The molecule has 10 heteroatoms. The molecule has 2 aliphatic rings. The van der Waals surface area contributed by atoms with Gasteiger partial charge in [-0.1, -0.05) is 18.2 Å². The van der Waals surface area contributed by atoms with E-state index in [0.29, 0.717) is 30.4 Å². The summed E-state index contributed by atoms with van der Waals surface area (Å²) in [6.07, 6.45) is 2.52. The predicted octanol–water partition coefficient (Wildman–Crippen LogP) is 4.87. The van der Waals surface area contributed by atoms with Crippen molar-refractivity contribution >= 4 is 54.7 Å². The minimum atomic E-state index is -0.191. The fourth-order valence-electron chi connectivity index (χ4n) is 5.21. The van der Waals surface area contributed by atoms with Gasteiger partial charge in [-0.25, -0.2) is 0 Å². The second-order valence-electron chi connectivity index (χ2n) is 10.2. The first-order chi connectivity index (χ1) is 17.4. The highest BCUT2D eigenvalue weighted by Crippen LogP contribution is 2.22. The minimum Gasteiger partial charge on any atom is -0.497 e. The zero-order valence-electron chi connectivity index (χ0n) is 23.2. The Kier molecular flexibility index (Phi) is 15.2. The molecule has 0 aromatic heterocycles. The number of halogens is 3. The molecule has 2 heterocycles. The molecule has 0 radical (unpaired) electrons. The first-order valence-electron chi connectivity index (χ1n) is 13.2. The molecule has 0 unspecified atom stereocenters. The van der Waals surface area contributed by atoms with Crippen molar-refractivity contribution in [3.05, 3.63) is 60.2 Å². The van der Waals surface area contributed by atoms with E-state index in [0.717, 1.165) is 31.2 Å². The van der Waals surface area contributed by atoms with Gasteiger partial charge in [-0.2, -0.15) is 0 Å². The Morgan fingerprint density at radius 2 is 1.46 bits per heavy atom. The number of ether oxygens (including phenoxy) is 1. The van der Waals surface area contributed by atoms with E-state index >= 15 is 0 Å². The van der Waals surface area contributed by atoms with Gasteiger partial charge in [0.05, 0.1) is 7.11 Å². The number of nitrogens with zero attached hydrogens (tertiary/aromatic N) is 4. The molecule has 0 aliphatic carbocycles. The van der Waals surface area contributed by atoms with E-state index in [1.54, 1.807) is 36.3 Å². The quantitative estimate of drug-likeness (QED) is 0.432. The monoisotopic (exact) mass is 600 g/mol. The SMILES string of the molecule is COc1ccc(C(=O)N(CC(=O)N2CCN(CC3CCN(C(C)C)CC3)CC2)c2ccccc2)cc1.Cl.Cl.Cl. The molecule has 0 atom stereocenters. The Morgan fingerprint density at radius 3 is 2.00 bits per heavy atom. The molecule has 2 fully saturated rings. The predicted molar refractivity (Wildman–Crippen MR) is 165 cm³/mol. The Morgan fingerprint density at radius 1 is 0.872 bits per heavy atom. The van der Waals surface area contributed by atoms with E-state index in [2.05, 4.69) is 23.6 Å². The van der Waals surface area contributed by atoms with Crippen molar-refractivity contribution in [1.82, 2.24) is 14.7 Å². The maximum absolute atomic E-state index is 13.4. The van der Waals surface area contributed by atoms with Gasteiger partial charge in [0.25, 0.3) is 5.91 Å². The summed E-state index contributed by atoms with van der Waals surface area (Å²) >= 11 is 0. The molecule has 0 N–H and O–H groups in total. The number of anilines is 1. The number of benzene rings is 2. The second kappa shape index (κ2) is 16.9. The standard InChI is InChI=1S/C29H40N4O3.3ClH/c1-23(2)31-15-13-24(14-16-31)21-30-17-19-32(20-18-30)28(34)22-33(26-7-5-4-6-8-26)29(35)25-9-11-27(36-3)12-10-25;;;/h4-12,23-24H,13-22H2,1-3H3;3*1H. The van der Waals surface area contributed by atoms with Gasteiger partial charge in [-0.15, -0.1) is 37.2 Å². The third kappa shape index (κ3) is 9.54. The summed E-state index contributed by atoms with van der Waals surface area (Å²) < 4.78 is 5.22. The van der Waals surface area contributed by atoms with Crippen molar-refractivity contribution in [2.75, 3.05) is 64.4 Å². The van der Waals surface area contributed by atoms with Gasteiger partial charge in [-0.05, 0) is 82.1 Å². The number of methoxy groups -OCH3 is 1. The highest BCUT2D eigenvalue weighted by atomic mass is 35.5. The average molecular weight is 602 g/mol. The average Bonchev–Trinajstić information content (AvgIpc) is 2.92. The lowest BCUT2D eigenvalue weighted by molar-refractivity contribution is -0.131. The molecule has 2 aliphatic heterocycles. The van der Waals surface area contributed by atoms with Crippen molar-refractivity contribution in [2.24, 2.45) is 5.92 Å². The summed E-state index contributed by atoms with van der Waals surface area (Å²) in [5, 5.41) is 0. The van der Waals surface area contributed by atoms with Crippen LogP contribution in [0.1, 0.15) is 37.0 Å². The largest absolute Gasteiger partial charge is 0.497 e. The van der Waals surface area contributed by atoms with E-state index in [1.807, 2.05) is 35.2 Å². The number of rotatable bonds is 8. The summed E-state index contributed by atoms with van der Waals surface area (Å²) in [6.45, 7) is 11.3. The van der Waals surface area contributed by atoms with Crippen LogP contribution in [0.5, 0.6) is 5.75 Å². The third-order valence-electron chi connectivity index (χ3n) is 7.56. The normalized spacial score (nSPS) is 16.5. The van der Waals surface area contributed by atoms with Crippen LogP contribution >= 0.6 is 37.2 Å². The van der Waals surface area contributed by atoms with Gasteiger partial charge in [0, 0.05) is 50.0 Å². The van der Waals surface area contributed by atoms with Crippen molar-refractivity contribution in [1.29, 1.82) is 0 Å². The highest BCUT2D eigenvalue weighted by molar-refractivity contribution is 6.08. The minimum absolute atomic E-state index is 0. The molecule has 2 aromatic rings. The molecule has 2 saturated heterocycles. The number of piperidine rings is 1. The van der Waals surface area contributed by atoms with E-state index in [1.165, 1.54) is 25.9 Å². The lowest BCUT2D eigenvalue weighted by atomic mass is 9.95. The molecule has 7 nitrogen and oxygen atoms in total. The van der Waals surface area contributed by atoms with E-state index in [-0.39, 0.29) is 55.6 Å². The number of carbonyl (C=O) groups excluding carboxylic acids is 2. The number of carbonyl (C=O) groups is 2. The molecule has 4 rings (SSSR count). The molecular formula is C29H43Cl3N4O3. The van der Waals surface area contributed by atoms with Crippen LogP contribution in [0.25, 0.3) is 0 Å². The zero-order chi connectivity index (χ0) is 25.5. The van der Waals surface area contributed by atoms with Crippen LogP contribution in [0.15, 0.2) is 54.6 Å². The van der Waals surface area contributed by atoms with Crippen LogP contribution in [0.4, 0.5) is 5.69 Å². The van der Waals surface area contributed by atoms with Gasteiger partial charge in [0.1, 0.15) is 12.3 Å². The summed E-state index contributed by atoms with van der Waals surface area (Å²) in [5.74, 6) is 1.24.